The van der Waals surface area contributed by atoms with Gasteiger partial charge in [-0.15, -0.1) is 0 Å². The Morgan fingerprint density at radius 2 is 0.982 bits per heavy atom. The summed E-state index contributed by atoms with van der Waals surface area (Å²) in [6.45, 7) is 4.69. The molecule has 0 bridgehead atoms. The first kappa shape index (κ1) is 33.3. The first-order valence-corrected chi connectivity index (χ1v) is 19.8. The van der Waals surface area contributed by atoms with Gasteiger partial charge in [0.2, 0.25) is 0 Å². The van der Waals surface area contributed by atoms with Crippen LogP contribution in [0.3, 0.4) is 0 Å². The third-order valence-corrected chi connectivity index (χ3v) is 12.1. The van der Waals surface area contributed by atoms with E-state index in [-0.39, 0.29) is 11.6 Å². The molecule has 0 aromatic heterocycles. The minimum atomic E-state index is -0.246. The van der Waals surface area contributed by atoms with Gasteiger partial charge in [0.25, 0.3) is 0 Å². The number of hydrogen-bond acceptors (Lipinski definition) is 3. The molecule has 57 heavy (non-hydrogen) atoms. The summed E-state index contributed by atoms with van der Waals surface area (Å²) in [5.41, 5.74) is 15.5. The zero-order chi connectivity index (χ0) is 38.1. The molecule has 0 fully saturated rings. The maximum absolute atomic E-state index is 6.74. The third-order valence-electron chi connectivity index (χ3n) is 12.1. The molecule has 1 heterocycles. The van der Waals surface area contributed by atoms with Gasteiger partial charge in [0.05, 0.1) is 5.69 Å². The van der Waals surface area contributed by atoms with Crippen molar-refractivity contribution in [2.75, 3.05) is 10.2 Å². The highest BCUT2D eigenvalue weighted by Crippen LogP contribution is 2.52. The summed E-state index contributed by atoms with van der Waals surface area (Å²) >= 11 is 0. The lowest BCUT2D eigenvalue weighted by Crippen LogP contribution is -2.16. The lowest BCUT2D eigenvalue weighted by Gasteiger charge is -2.28. The standard InChI is InChI=1S/C54H40N2O/c1-54(2)49-20-12-11-18-45(49)46-32-30-42(34-50(46)54)56(40-26-21-36(22-27-40)35-13-5-3-6-14-35)41-28-23-37(24-29-41)39-25-31-44-43-17-9-10-19-47(43)51-52(48(44)33-39)57-53(55-51)38-15-7-4-8-16-38/h3-34,53,55H,1-2H3. The summed E-state index contributed by atoms with van der Waals surface area (Å²) in [4.78, 5) is 2.39. The van der Waals surface area contributed by atoms with Gasteiger partial charge in [-0.3, -0.25) is 0 Å². The van der Waals surface area contributed by atoms with Crippen molar-refractivity contribution in [1.29, 1.82) is 0 Å². The van der Waals surface area contributed by atoms with E-state index in [2.05, 4.69) is 212 Å². The minimum Gasteiger partial charge on any atom is -0.464 e. The normalized spacial score (nSPS) is 14.7. The number of benzene rings is 9. The lowest BCUT2D eigenvalue weighted by molar-refractivity contribution is 0.262. The Kier molecular flexibility index (Phi) is 7.58. The maximum atomic E-state index is 6.74. The first-order valence-electron chi connectivity index (χ1n) is 19.8. The van der Waals surface area contributed by atoms with E-state index < -0.39 is 0 Å². The first-order chi connectivity index (χ1) is 28.0. The predicted octanol–water partition coefficient (Wildman–Crippen LogP) is 14.6. The second kappa shape index (κ2) is 13.0. The number of anilines is 4. The van der Waals surface area contributed by atoms with Crippen LogP contribution in [0.15, 0.2) is 194 Å². The highest BCUT2D eigenvalue weighted by atomic mass is 16.5. The Hall–Kier alpha value is -7.10. The van der Waals surface area contributed by atoms with Crippen molar-refractivity contribution in [2.24, 2.45) is 0 Å². The van der Waals surface area contributed by atoms with Gasteiger partial charge in [0, 0.05) is 38.8 Å². The Morgan fingerprint density at radius 1 is 0.439 bits per heavy atom. The van der Waals surface area contributed by atoms with Crippen LogP contribution in [0, 0.1) is 0 Å². The largest absolute Gasteiger partial charge is 0.464 e. The van der Waals surface area contributed by atoms with Gasteiger partial charge in [-0.2, -0.15) is 0 Å². The molecule has 11 rings (SSSR count). The number of rotatable bonds is 6. The molecule has 1 aliphatic carbocycles. The molecule has 0 saturated heterocycles. The highest BCUT2D eigenvalue weighted by molar-refractivity contribution is 6.18. The fourth-order valence-corrected chi connectivity index (χ4v) is 9.18. The molecule has 0 radical (unpaired) electrons. The number of ether oxygens (including phenoxy) is 1. The van der Waals surface area contributed by atoms with Crippen LogP contribution in [0.5, 0.6) is 5.75 Å². The number of fused-ring (bicyclic) bond motifs is 9. The van der Waals surface area contributed by atoms with Gasteiger partial charge in [0.1, 0.15) is 0 Å². The van der Waals surface area contributed by atoms with Crippen molar-refractivity contribution in [3.05, 3.63) is 211 Å². The maximum Gasteiger partial charge on any atom is 0.196 e. The van der Waals surface area contributed by atoms with Crippen molar-refractivity contribution in [3.8, 4) is 39.1 Å². The molecule has 272 valence electrons. The van der Waals surface area contributed by atoms with Crippen LogP contribution in [0.2, 0.25) is 0 Å². The van der Waals surface area contributed by atoms with Gasteiger partial charge in [0.15, 0.2) is 12.0 Å². The third kappa shape index (κ3) is 5.42. The molecular weight excluding hydrogens is 693 g/mol. The monoisotopic (exact) mass is 732 g/mol. The molecule has 1 aliphatic heterocycles. The van der Waals surface area contributed by atoms with Crippen LogP contribution in [0.25, 0.3) is 54.9 Å². The van der Waals surface area contributed by atoms with E-state index in [0.717, 1.165) is 50.6 Å². The zero-order valence-corrected chi connectivity index (χ0v) is 31.9. The van der Waals surface area contributed by atoms with Crippen molar-refractivity contribution >= 4 is 44.3 Å². The molecule has 0 spiro atoms. The summed E-state index contributed by atoms with van der Waals surface area (Å²) in [6, 6.07) is 70.2. The molecular formula is C54H40N2O. The smallest absolute Gasteiger partial charge is 0.196 e. The van der Waals surface area contributed by atoms with E-state index in [1.165, 1.54) is 49.5 Å². The average Bonchev–Trinajstić information content (AvgIpc) is 3.83. The van der Waals surface area contributed by atoms with Crippen LogP contribution in [0.4, 0.5) is 22.7 Å². The van der Waals surface area contributed by atoms with Gasteiger partial charge in [-0.1, -0.05) is 166 Å². The SMILES string of the molecule is CC1(C)c2ccccc2-c2ccc(N(c3ccc(-c4ccccc4)cc3)c3ccc(-c4ccc5c(c4)c4c(c6ccccc65)NC(c5ccccc5)O4)cc3)cc21. The molecule has 9 aromatic rings. The summed E-state index contributed by atoms with van der Waals surface area (Å²) in [6.07, 6.45) is -0.246. The average molecular weight is 733 g/mol. The molecule has 9 aromatic carbocycles. The molecule has 2 aliphatic rings. The molecule has 3 heteroatoms. The second-order valence-electron chi connectivity index (χ2n) is 15.8. The topological polar surface area (TPSA) is 24.5 Å². The fraction of sp³-hybridized carbons (Fsp3) is 0.0741. The molecule has 1 N–H and O–H groups in total. The van der Waals surface area contributed by atoms with E-state index in [1.807, 2.05) is 6.07 Å². The second-order valence-corrected chi connectivity index (χ2v) is 15.8. The fourth-order valence-electron chi connectivity index (χ4n) is 9.18. The van der Waals surface area contributed by atoms with Crippen LogP contribution in [-0.4, -0.2) is 0 Å². The van der Waals surface area contributed by atoms with E-state index in [9.17, 15) is 0 Å². The van der Waals surface area contributed by atoms with Gasteiger partial charge >= 0.3 is 0 Å². The molecule has 1 atom stereocenters. The Labute approximate surface area is 333 Å². The van der Waals surface area contributed by atoms with Crippen molar-refractivity contribution in [3.63, 3.8) is 0 Å². The zero-order valence-electron chi connectivity index (χ0n) is 31.9. The molecule has 3 nitrogen and oxygen atoms in total. The molecule has 0 saturated carbocycles. The Morgan fingerprint density at radius 3 is 1.72 bits per heavy atom. The van der Waals surface area contributed by atoms with E-state index in [4.69, 9.17) is 4.74 Å². The van der Waals surface area contributed by atoms with Crippen LogP contribution < -0.4 is 15.0 Å². The molecule has 1 unspecified atom stereocenters. The van der Waals surface area contributed by atoms with Crippen molar-refractivity contribution in [1.82, 2.24) is 0 Å². The minimum absolute atomic E-state index is 0.101. The van der Waals surface area contributed by atoms with E-state index in [0.29, 0.717) is 0 Å². The van der Waals surface area contributed by atoms with E-state index in [1.54, 1.807) is 0 Å². The quantitative estimate of drug-likeness (QED) is 0.172. The van der Waals surface area contributed by atoms with Crippen LogP contribution in [-0.2, 0) is 5.41 Å². The van der Waals surface area contributed by atoms with Crippen LogP contribution in [0.1, 0.15) is 36.8 Å². The van der Waals surface area contributed by atoms with E-state index >= 15 is 0 Å². The lowest BCUT2D eigenvalue weighted by atomic mass is 9.82. The summed E-state index contributed by atoms with van der Waals surface area (Å²) in [5, 5.41) is 8.39. The number of nitrogens with zero attached hydrogens (tertiary/aromatic N) is 1. The van der Waals surface area contributed by atoms with Crippen molar-refractivity contribution in [2.45, 2.75) is 25.5 Å². The van der Waals surface area contributed by atoms with Gasteiger partial charge in [-0.05, 0) is 97.7 Å². The van der Waals surface area contributed by atoms with Crippen LogP contribution >= 0.6 is 0 Å². The Balaban J connectivity index is 1.00. The highest BCUT2D eigenvalue weighted by Gasteiger charge is 2.36. The van der Waals surface area contributed by atoms with Gasteiger partial charge < -0.3 is 15.0 Å². The molecule has 0 amide bonds. The number of hydrogen-bond donors (Lipinski definition) is 1. The van der Waals surface area contributed by atoms with Crippen molar-refractivity contribution < 1.29 is 4.74 Å². The summed E-state index contributed by atoms with van der Waals surface area (Å²) < 4.78 is 6.74. The number of nitrogens with one attached hydrogen (secondary N) is 1. The van der Waals surface area contributed by atoms with Gasteiger partial charge in [-0.25, -0.2) is 0 Å². The summed E-state index contributed by atoms with van der Waals surface area (Å²) in [5.74, 6) is 0.905. The predicted molar refractivity (Wildman–Crippen MR) is 238 cm³/mol. The summed E-state index contributed by atoms with van der Waals surface area (Å²) in [7, 11) is 0. The Bertz CT molecular complexity index is 2970.